The number of likely N-dealkylation sites (tertiary alicyclic amines) is 2. The van der Waals surface area contributed by atoms with Gasteiger partial charge in [0.2, 0.25) is 5.91 Å². The molecular formula is C22H20ClF3N4O4. The Morgan fingerprint density at radius 2 is 2.06 bits per heavy atom. The monoisotopic (exact) mass is 496 g/mol. The average molecular weight is 497 g/mol. The fourth-order valence-corrected chi connectivity index (χ4v) is 4.94. The minimum absolute atomic E-state index is 0.0275. The molecule has 8 nitrogen and oxygen atoms in total. The summed E-state index contributed by atoms with van der Waals surface area (Å²) >= 11 is 6.36. The number of aliphatic hydroxyl groups is 1. The van der Waals surface area contributed by atoms with Gasteiger partial charge in [0.15, 0.2) is 11.3 Å². The van der Waals surface area contributed by atoms with Gasteiger partial charge in [-0.2, -0.15) is 13.2 Å². The second-order valence-electron chi connectivity index (χ2n) is 8.46. The Balaban J connectivity index is 1.48. The van der Waals surface area contributed by atoms with Crippen LogP contribution in [0.15, 0.2) is 35.3 Å². The third-order valence-electron chi connectivity index (χ3n) is 6.37. The molecule has 12 heteroatoms. The first-order valence-corrected chi connectivity index (χ1v) is 11.1. The van der Waals surface area contributed by atoms with Crippen molar-refractivity contribution in [3.8, 4) is 11.1 Å². The van der Waals surface area contributed by atoms with Gasteiger partial charge in [-0.15, -0.1) is 0 Å². The molecule has 0 spiro atoms. The van der Waals surface area contributed by atoms with Gasteiger partial charge in [-0.1, -0.05) is 11.6 Å². The predicted molar refractivity (Wildman–Crippen MR) is 114 cm³/mol. The molecule has 2 atom stereocenters. The molecule has 0 unspecified atom stereocenters. The summed E-state index contributed by atoms with van der Waals surface area (Å²) in [6.45, 7) is 0.691. The summed E-state index contributed by atoms with van der Waals surface area (Å²) < 4.78 is 47.5. The number of furan rings is 1. The maximum atomic E-state index is 13.8. The lowest BCUT2D eigenvalue weighted by atomic mass is 10.00. The third kappa shape index (κ3) is 3.82. The standard InChI is InChI=1S/C22H20ClF3N4O4/c23-19-18(21(33)28-6-3-15(16(31)10-28)29-5-1-2-17(29)32)27-20-14(22(24,25)26)8-13(9-30(19)20)12-4-7-34-11-12/h4,7-9,11,15-16,31H,1-3,5-6,10H2/t15-,16+/m1/s1. The smallest absolute Gasteiger partial charge is 0.420 e. The molecule has 0 radical (unpaired) electrons. The van der Waals surface area contributed by atoms with E-state index in [2.05, 4.69) is 4.98 Å². The van der Waals surface area contributed by atoms with E-state index in [1.54, 1.807) is 4.90 Å². The van der Waals surface area contributed by atoms with Crippen LogP contribution in [0, 0.1) is 0 Å². The predicted octanol–water partition coefficient (Wildman–Crippen LogP) is 3.46. The van der Waals surface area contributed by atoms with Crippen LogP contribution >= 0.6 is 11.6 Å². The molecule has 2 aliphatic heterocycles. The van der Waals surface area contributed by atoms with Crippen molar-refractivity contribution >= 4 is 29.1 Å². The van der Waals surface area contributed by atoms with Crippen molar-refractivity contribution in [2.75, 3.05) is 19.6 Å². The first kappa shape index (κ1) is 22.7. The fourth-order valence-electron chi connectivity index (χ4n) is 4.69. The topological polar surface area (TPSA) is 91.3 Å². The number of hydrogen-bond donors (Lipinski definition) is 1. The molecule has 2 aliphatic rings. The number of piperidine rings is 1. The average Bonchev–Trinajstić information content (AvgIpc) is 3.53. The molecule has 0 aliphatic carbocycles. The zero-order valence-corrected chi connectivity index (χ0v) is 18.5. The van der Waals surface area contributed by atoms with Crippen molar-refractivity contribution in [1.29, 1.82) is 0 Å². The molecule has 2 fully saturated rings. The third-order valence-corrected chi connectivity index (χ3v) is 6.73. The van der Waals surface area contributed by atoms with Crippen LogP contribution in [0.1, 0.15) is 35.3 Å². The van der Waals surface area contributed by atoms with Crippen LogP contribution in [0.25, 0.3) is 16.8 Å². The normalized spacial score (nSPS) is 21.6. The number of rotatable bonds is 3. The maximum absolute atomic E-state index is 13.8. The minimum atomic E-state index is -4.74. The maximum Gasteiger partial charge on any atom is 0.420 e. The van der Waals surface area contributed by atoms with Crippen LogP contribution in [0.5, 0.6) is 0 Å². The second kappa shape index (κ2) is 8.31. The summed E-state index contributed by atoms with van der Waals surface area (Å²) in [6.07, 6.45) is -0.212. The number of aliphatic hydroxyl groups excluding tert-OH is 1. The lowest BCUT2D eigenvalue weighted by molar-refractivity contribution is -0.136. The van der Waals surface area contributed by atoms with Gasteiger partial charge in [-0.3, -0.25) is 14.0 Å². The Labute approximate surface area is 196 Å². The van der Waals surface area contributed by atoms with Gasteiger partial charge in [-0.05, 0) is 25.0 Å². The Bertz CT molecular complexity index is 1260. The van der Waals surface area contributed by atoms with Crippen LogP contribution in [-0.4, -0.2) is 67.9 Å². The first-order valence-electron chi connectivity index (χ1n) is 10.7. The highest BCUT2D eigenvalue weighted by molar-refractivity contribution is 6.33. The Morgan fingerprint density at radius 3 is 2.68 bits per heavy atom. The van der Waals surface area contributed by atoms with E-state index >= 15 is 0 Å². The first-order chi connectivity index (χ1) is 16.1. The minimum Gasteiger partial charge on any atom is -0.472 e. The van der Waals surface area contributed by atoms with E-state index in [0.717, 1.165) is 16.9 Å². The van der Waals surface area contributed by atoms with E-state index in [4.69, 9.17) is 16.0 Å². The van der Waals surface area contributed by atoms with E-state index in [1.807, 2.05) is 0 Å². The van der Waals surface area contributed by atoms with E-state index in [9.17, 15) is 27.9 Å². The number of carbonyl (C=O) groups is 2. The molecule has 0 aromatic carbocycles. The number of amides is 2. The number of carbonyl (C=O) groups excluding carboxylic acids is 2. The number of β-amino-alcohol motifs (C(OH)–C–C–N with tert-alkyl or cyclic N) is 1. The lowest BCUT2D eigenvalue weighted by Crippen LogP contribution is -2.55. The molecule has 5 rings (SSSR count). The van der Waals surface area contributed by atoms with Gasteiger partial charge in [0, 0.05) is 43.4 Å². The largest absolute Gasteiger partial charge is 0.472 e. The fraction of sp³-hybridized carbons (Fsp3) is 0.409. The number of imidazole rings is 1. The van der Waals surface area contributed by atoms with Gasteiger partial charge in [0.25, 0.3) is 5.91 Å². The molecule has 1 N–H and O–H groups in total. The van der Waals surface area contributed by atoms with Gasteiger partial charge >= 0.3 is 6.18 Å². The van der Waals surface area contributed by atoms with Crippen LogP contribution in [0.3, 0.4) is 0 Å². The van der Waals surface area contributed by atoms with Gasteiger partial charge < -0.3 is 19.3 Å². The summed E-state index contributed by atoms with van der Waals surface area (Å²) in [5.41, 5.74) is -1.27. The lowest BCUT2D eigenvalue weighted by Gasteiger charge is -2.40. The molecule has 3 aromatic rings. The van der Waals surface area contributed by atoms with Crippen molar-refractivity contribution in [3.05, 3.63) is 47.3 Å². The highest BCUT2D eigenvalue weighted by Crippen LogP contribution is 2.37. The number of fused-ring (bicyclic) bond motifs is 1. The zero-order valence-electron chi connectivity index (χ0n) is 17.8. The van der Waals surface area contributed by atoms with Gasteiger partial charge in [0.1, 0.15) is 5.15 Å². The van der Waals surface area contributed by atoms with Crippen molar-refractivity contribution in [3.63, 3.8) is 0 Å². The van der Waals surface area contributed by atoms with E-state index in [1.165, 1.54) is 29.7 Å². The van der Waals surface area contributed by atoms with E-state index in [-0.39, 0.29) is 35.4 Å². The Hall–Kier alpha value is -3.05. The number of alkyl halides is 3. The summed E-state index contributed by atoms with van der Waals surface area (Å²) in [4.78, 5) is 32.1. The number of pyridine rings is 1. The van der Waals surface area contributed by atoms with Crippen LogP contribution < -0.4 is 0 Å². The summed E-state index contributed by atoms with van der Waals surface area (Å²) in [5.74, 6) is -0.711. The van der Waals surface area contributed by atoms with Crippen molar-refractivity contribution in [2.24, 2.45) is 0 Å². The Kier molecular flexibility index (Phi) is 5.56. The molecule has 0 saturated carbocycles. The molecule has 34 heavy (non-hydrogen) atoms. The van der Waals surface area contributed by atoms with E-state index < -0.39 is 35.4 Å². The van der Waals surface area contributed by atoms with Crippen molar-refractivity contribution in [1.82, 2.24) is 19.2 Å². The number of halogens is 4. The SMILES string of the molecule is O=C(c1nc2c(C(F)(F)F)cc(-c3ccoc3)cn2c1Cl)N1CC[C@@H](N2CCCC2=O)[C@@H](O)C1. The van der Waals surface area contributed by atoms with Crippen molar-refractivity contribution < 1.29 is 32.3 Å². The molecule has 180 valence electrons. The number of nitrogens with zero attached hydrogens (tertiary/aromatic N) is 4. The van der Waals surface area contributed by atoms with Gasteiger partial charge in [-0.25, -0.2) is 4.98 Å². The van der Waals surface area contributed by atoms with Gasteiger partial charge in [0.05, 0.1) is 30.2 Å². The highest BCUT2D eigenvalue weighted by atomic mass is 35.5. The van der Waals surface area contributed by atoms with Crippen LogP contribution in [-0.2, 0) is 11.0 Å². The second-order valence-corrected chi connectivity index (χ2v) is 8.82. The molecule has 3 aromatic heterocycles. The van der Waals surface area contributed by atoms with Crippen LogP contribution in [0.4, 0.5) is 13.2 Å². The summed E-state index contributed by atoms with van der Waals surface area (Å²) in [6, 6.07) is 2.04. The summed E-state index contributed by atoms with van der Waals surface area (Å²) in [5, 5.41) is 10.3. The molecular weight excluding hydrogens is 477 g/mol. The number of hydrogen-bond acceptors (Lipinski definition) is 5. The quantitative estimate of drug-likeness (QED) is 0.599. The van der Waals surface area contributed by atoms with Crippen molar-refractivity contribution in [2.45, 2.75) is 37.6 Å². The molecule has 2 saturated heterocycles. The molecule has 0 bridgehead atoms. The molecule has 2 amide bonds. The van der Waals surface area contributed by atoms with E-state index in [0.29, 0.717) is 24.9 Å². The number of aromatic nitrogens is 2. The highest BCUT2D eigenvalue weighted by Gasteiger charge is 2.40. The van der Waals surface area contributed by atoms with Crippen LogP contribution in [0.2, 0.25) is 5.15 Å². The molecule has 5 heterocycles. The Morgan fingerprint density at radius 1 is 1.26 bits per heavy atom. The summed E-state index contributed by atoms with van der Waals surface area (Å²) in [7, 11) is 0. The zero-order chi connectivity index (χ0) is 24.2.